The summed E-state index contributed by atoms with van der Waals surface area (Å²) >= 11 is 0. The highest BCUT2D eigenvalue weighted by molar-refractivity contribution is 6.00. The van der Waals surface area contributed by atoms with Crippen LogP contribution in [-0.2, 0) is 14.9 Å². The second-order valence-electron chi connectivity index (χ2n) is 16.5. The minimum absolute atomic E-state index is 0.266. The Balaban J connectivity index is 0.984. The molecule has 1 aliphatic heterocycles. The number of anilines is 2. The maximum Gasteiger partial charge on any atom is 0.173 e. The molecule has 0 bridgehead atoms. The molecule has 1 spiro atoms. The molecule has 0 fully saturated rings. The molecule has 0 aromatic heterocycles. The highest BCUT2D eigenvalue weighted by atomic mass is 16.6. The van der Waals surface area contributed by atoms with Crippen LogP contribution in [0, 0.1) is 6.92 Å². The van der Waals surface area contributed by atoms with Gasteiger partial charge in [-0.1, -0.05) is 146 Å². The van der Waals surface area contributed by atoms with Crippen LogP contribution in [0.25, 0.3) is 33.4 Å². The molecule has 3 heteroatoms. The molecule has 0 saturated carbocycles. The molecule has 1 unspecified atom stereocenters. The van der Waals surface area contributed by atoms with Crippen molar-refractivity contribution in [2.24, 2.45) is 0 Å². The van der Waals surface area contributed by atoms with Gasteiger partial charge in [0.2, 0.25) is 0 Å². The molecule has 59 heavy (non-hydrogen) atoms. The van der Waals surface area contributed by atoms with Crippen molar-refractivity contribution < 1.29 is 9.47 Å². The molecule has 6 aliphatic rings. The fourth-order valence-electron chi connectivity index (χ4n) is 10.9. The second kappa shape index (κ2) is 13.4. The number of benzene rings is 6. The van der Waals surface area contributed by atoms with Gasteiger partial charge in [0.05, 0.1) is 11.1 Å². The van der Waals surface area contributed by atoms with Crippen LogP contribution in [0.15, 0.2) is 210 Å². The summed E-state index contributed by atoms with van der Waals surface area (Å²) in [6.45, 7) is 2.20. The van der Waals surface area contributed by atoms with Gasteiger partial charge in [0.15, 0.2) is 11.5 Å². The van der Waals surface area contributed by atoms with Crippen LogP contribution in [0.5, 0.6) is 0 Å². The molecule has 1 heterocycles. The van der Waals surface area contributed by atoms with Gasteiger partial charge in [0.25, 0.3) is 0 Å². The van der Waals surface area contributed by atoms with Crippen molar-refractivity contribution in [2.45, 2.75) is 50.9 Å². The highest BCUT2D eigenvalue weighted by Gasteiger charge is 2.55. The first kappa shape index (κ1) is 34.2. The van der Waals surface area contributed by atoms with Crippen molar-refractivity contribution >= 4 is 22.5 Å². The fraction of sp³-hybridized carbons (Fsp3) is 0.143. The molecule has 0 radical (unpaired) electrons. The van der Waals surface area contributed by atoms with E-state index in [0.29, 0.717) is 0 Å². The average Bonchev–Trinajstić information content (AvgIpc) is 3.77. The highest BCUT2D eigenvalue weighted by Crippen LogP contribution is 2.66. The summed E-state index contributed by atoms with van der Waals surface area (Å²) in [7, 11) is 0. The quantitative estimate of drug-likeness (QED) is 0.175. The maximum atomic E-state index is 7.20. The third-order valence-electron chi connectivity index (χ3n) is 13.3. The molecule has 3 nitrogen and oxygen atoms in total. The number of fused-ring (bicyclic) bond motifs is 9. The van der Waals surface area contributed by atoms with Crippen molar-refractivity contribution in [1.29, 1.82) is 0 Å². The summed E-state index contributed by atoms with van der Waals surface area (Å²) < 4.78 is 14.3. The van der Waals surface area contributed by atoms with E-state index in [1.54, 1.807) is 5.57 Å². The van der Waals surface area contributed by atoms with Crippen LogP contribution < -0.4 is 4.90 Å². The van der Waals surface area contributed by atoms with Gasteiger partial charge in [-0.3, -0.25) is 0 Å². The van der Waals surface area contributed by atoms with Gasteiger partial charge in [0.1, 0.15) is 11.5 Å². The van der Waals surface area contributed by atoms with Gasteiger partial charge in [0, 0.05) is 41.4 Å². The standard InChI is InChI=1S/C56H43NO2/c1-36-32-39(37-16-4-2-5-17-37)34-41(33-36)57(50-27-15-11-20-42(50)38-18-6-3-7-19-38)40-28-30-51-53(35-40)58-52-31-29-49-54(55(52)59-51)45-23-10-14-26-48(45)56(49)46-24-12-8-21-43(46)44-22-9-13-25-47(44)56/h2-12,14-24,26-27,32-35H,13,25,28-31H2,1H3. The summed E-state index contributed by atoms with van der Waals surface area (Å²) in [5.41, 5.74) is 20.3. The van der Waals surface area contributed by atoms with E-state index < -0.39 is 0 Å². The lowest BCUT2D eigenvalue weighted by Crippen LogP contribution is -2.30. The van der Waals surface area contributed by atoms with E-state index >= 15 is 0 Å². The first-order valence-electron chi connectivity index (χ1n) is 21.1. The maximum absolute atomic E-state index is 7.20. The van der Waals surface area contributed by atoms with Gasteiger partial charge in [-0.2, -0.15) is 0 Å². The van der Waals surface area contributed by atoms with E-state index in [2.05, 4.69) is 182 Å². The van der Waals surface area contributed by atoms with E-state index in [-0.39, 0.29) is 5.41 Å². The van der Waals surface area contributed by atoms with Crippen LogP contribution in [0.1, 0.15) is 66.3 Å². The number of rotatable bonds is 5. The summed E-state index contributed by atoms with van der Waals surface area (Å²) in [6, 6.07) is 55.4. The first-order valence-corrected chi connectivity index (χ1v) is 21.1. The Morgan fingerprint density at radius 2 is 1.22 bits per heavy atom. The molecule has 5 aliphatic carbocycles. The van der Waals surface area contributed by atoms with Crippen LogP contribution in [0.4, 0.5) is 11.4 Å². The van der Waals surface area contributed by atoms with Crippen LogP contribution in [0.3, 0.4) is 0 Å². The molecule has 0 amide bonds. The lowest BCUT2D eigenvalue weighted by Gasteiger charge is -2.38. The molecule has 12 rings (SSSR count). The number of para-hydroxylation sites is 1. The number of nitrogens with zero attached hydrogens (tertiary/aromatic N) is 1. The second-order valence-corrected chi connectivity index (χ2v) is 16.5. The Kier molecular flexibility index (Phi) is 7.75. The molecular weight excluding hydrogens is 719 g/mol. The molecule has 6 aromatic carbocycles. The largest absolute Gasteiger partial charge is 0.454 e. The van der Waals surface area contributed by atoms with E-state index in [1.165, 1.54) is 72.5 Å². The van der Waals surface area contributed by atoms with Crippen molar-refractivity contribution in [3.8, 4) is 22.3 Å². The summed E-state index contributed by atoms with van der Waals surface area (Å²) in [5.74, 6) is 3.59. The van der Waals surface area contributed by atoms with Gasteiger partial charge in [-0.15, -0.1) is 0 Å². The molecule has 1 atom stereocenters. The SMILES string of the molecule is Cc1cc(-c2ccccc2)cc(N(C2=CC3=C(CC2)OC2=C(CCC4=C2c2ccccc2C42C4=C(C=CCC4)c4ccccc42)O3)c2ccccc2-c2ccccc2)c1. The molecule has 0 N–H and O–H groups in total. The Hall–Kier alpha value is -6.84. The van der Waals surface area contributed by atoms with E-state index in [0.717, 1.165) is 72.9 Å². The molecule has 0 saturated heterocycles. The zero-order chi connectivity index (χ0) is 39.1. The lowest BCUT2D eigenvalue weighted by atomic mass is 9.66. The smallest absolute Gasteiger partial charge is 0.173 e. The lowest BCUT2D eigenvalue weighted by molar-refractivity contribution is 0.171. The Labute approximate surface area is 346 Å². The molecular formula is C56H43NO2. The topological polar surface area (TPSA) is 21.7 Å². The predicted molar refractivity (Wildman–Crippen MR) is 239 cm³/mol. The number of aryl methyl sites for hydroxylation is 1. The van der Waals surface area contributed by atoms with Crippen molar-refractivity contribution in [3.05, 3.63) is 238 Å². The van der Waals surface area contributed by atoms with E-state index in [9.17, 15) is 0 Å². The first-order chi connectivity index (χ1) is 29.2. The number of ether oxygens (including phenoxy) is 2. The van der Waals surface area contributed by atoms with Gasteiger partial charge >= 0.3 is 0 Å². The fourth-order valence-corrected chi connectivity index (χ4v) is 10.9. The van der Waals surface area contributed by atoms with E-state index in [1.807, 2.05) is 0 Å². The Morgan fingerprint density at radius 1 is 0.542 bits per heavy atom. The zero-order valence-electron chi connectivity index (χ0n) is 33.2. The van der Waals surface area contributed by atoms with Crippen LogP contribution in [0.2, 0.25) is 0 Å². The number of hydrogen-bond acceptors (Lipinski definition) is 3. The molecule has 6 aromatic rings. The predicted octanol–water partition coefficient (Wildman–Crippen LogP) is 14.3. The van der Waals surface area contributed by atoms with Gasteiger partial charge in [-0.05, 0) is 112 Å². The minimum Gasteiger partial charge on any atom is -0.454 e. The van der Waals surface area contributed by atoms with Crippen molar-refractivity contribution in [1.82, 2.24) is 0 Å². The third kappa shape index (κ3) is 5.14. The van der Waals surface area contributed by atoms with E-state index in [4.69, 9.17) is 9.47 Å². The van der Waals surface area contributed by atoms with Crippen molar-refractivity contribution in [3.63, 3.8) is 0 Å². The monoisotopic (exact) mass is 761 g/mol. The number of allylic oxidation sites excluding steroid dienone is 10. The Morgan fingerprint density at radius 3 is 2.03 bits per heavy atom. The van der Waals surface area contributed by atoms with Gasteiger partial charge in [-0.25, -0.2) is 0 Å². The van der Waals surface area contributed by atoms with Crippen molar-refractivity contribution in [2.75, 3.05) is 4.90 Å². The Bertz CT molecular complexity index is 2940. The zero-order valence-corrected chi connectivity index (χ0v) is 33.2. The third-order valence-corrected chi connectivity index (χ3v) is 13.3. The van der Waals surface area contributed by atoms with Crippen LogP contribution >= 0.6 is 0 Å². The summed E-state index contributed by atoms with van der Waals surface area (Å²) in [4.78, 5) is 2.46. The van der Waals surface area contributed by atoms with Crippen LogP contribution in [-0.4, -0.2) is 0 Å². The van der Waals surface area contributed by atoms with Gasteiger partial charge < -0.3 is 14.4 Å². The minimum atomic E-state index is -0.266. The summed E-state index contributed by atoms with van der Waals surface area (Å²) in [5, 5.41) is 0. The average molecular weight is 762 g/mol. The summed E-state index contributed by atoms with van der Waals surface area (Å²) in [6.07, 6.45) is 12.4. The normalized spacial score (nSPS) is 19.6. The number of hydrogen-bond donors (Lipinski definition) is 0. The molecule has 284 valence electrons.